The molecular weight excluding hydrogens is 326 g/mol. The third kappa shape index (κ3) is 5.08. The van der Waals surface area contributed by atoms with Crippen LogP contribution in [0.3, 0.4) is 0 Å². The van der Waals surface area contributed by atoms with Gasteiger partial charge in [-0.3, -0.25) is 10.1 Å². The van der Waals surface area contributed by atoms with Gasteiger partial charge in [0.2, 0.25) is 10.0 Å². The molecule has 0 bridgehead atoms. The molecule has 100 valence electrons. The van der Waals surface area contributed by atoms with Gasteiger partial charge < -0.3 is 5.32 Å². The Balaban J connectivity index is 2.65. The third-order valence-electron chi connectivity index (χ3n) is 2.12. The van der Waals surface area contributed by atoms with Crippen molar-refractivity contribution in [2.75, 3.05) is 12.3 Å². The van der Waals surface area contributed by atoms with Crippen LogP contribution in [0.1, 0.15) is 5.56 Å². The smallest absolute Gasteiger partial charge is 0.275 e. The summed E-state index contributed by atoms with van der Waals surface area (Å²) in [6.07, 6.45) is 0. The molecule has 0 aliphatic rings. The summed E-state index contributed by atoms with van der Waals surface area (Å²) in [6, 6.07) is 4.69. The van der Waals surface area contributed by atoms with Crippen molar-refractivity contribution >= 4 is 31.6 Å². The number of hydrogen-bond donors (Lipinski definition) is 2. The molecule has 0 spiro atoms. The van der Waals surface area contributed by atoms with Gasteiger partial charge in [-0.05, 0) is 12.1 Å². The van der Waals surface area contributed by atoms with Crippen LogP contribution in [0.5, 0.6) is 0 Å². The van der Waals surface area contributed by atoms with Gasteiger partial charge in [-0.15, -0.1) is 0 Å². The molecule has 1 aromatic carbocycles. The second-order valence-corrected chi connectivity index (χ2v) is 6.22. The first kappa shape index (κ1) is 15.0. The van der Waals surface area contributed by atoms with Crippen molar-refractivity contribution in [3.63, 3.8) is 0 Å². The highest BCUT2D eigenvalue weighted by atomic mass is 79.9. The molecule has 3 N–H and O–H groups in total. The van der Waals surface area contributed by atoms with Crippen molar-refractivity contribution in [1.82, 2.24) is 5.32 Å². The number of rotatable bonds is 6. The van der Waals surface area contributed by atoms with Crippen molar-refractivity contribution in [3.8, 4) is 0 Å². The van der Waals surface area contributed by atoms with Gasteiger partial charge in [0.1, 0.15) is 0 Å². The van der Waals surface area contributed by atoms with Gasteiger partial charge in [0.05, 0.1) is 10.7 Å². The van der Waals surface area contributed by atoms with Gasteiger partial charge >= 0.3 is 0 Å². The van der Waals surface area contributed by atoms with E-state index in [0.29, 0.717) is 10.0 Å². The lowest BCUT2D eigenvalue weighted by atomic mass is 10.2. The Morgan fingerprint density at radius 1 is 1.44 bits per heavy atom. The molecule has 0 aliphatic heterocycles. The van der Waals surface area contributed by atoms with Gasteiger partial charge in [0, 0.05) is 29.2 Å². The number of nitro groups is 1. The summed E-state index contributed by atoms with van der Waals surface area (Å²) in [5.41, 5.74) is 0.463. The van der Waals surface area contributed by atoms with E-state index in [1.54, 1.807) is 12.1 Å². The lowest BCUT2D eigenvalue weighted by molar-refractivity contribution is -0.385. The number of nitrogens with two attached hydrogens (primary N) is 1. The average Bonchev–Trinajstić information content (AvgIpc) is 2.24. The minimum atomic E-state index is -3.52. The van der Waals surface area contributed by atoms with Gasteiger partial charge in [0.15, 0.2) is 0 Å². The minimum absolute atomic E-state index is 0.0209. The summed E-state index contributed by atoms with van der Waals surface area (Å²) in [4.78, 5) is 10.3. The molecule has 7 nitrogen and oxygen atoms in total. The maximum atomic E-state index is 10.8. The number of nitrogens with zero attached hydrogens (tertiary/aromatic N) is 1. The summed E-state index contributed by atoms with van der Waals surface area (Å²) >= 11 is 3.15. The molecule has 0 saturated heterocycles. The molecule has 0 fully saturated rings. The van der Waals surface area contributed by atoms with Crippen LogP contribution in [0.25, 0.3) is 0 Å². The molecular formula is C9H12BrN3O4S. The quantitative estimate of drug-likeness (QED) is 0.451. The molecule has 0 radical (unpaired) electrons. The van der Waals surface area contributed by atoms with E-state index in [-0.39, 0.29) is 24.5 Å². The van der Waals surface area contributed by atoms with Crippen molar-refractivity contribution in [3.05, 3.63) is 38.3 Å². The number of nitrogens with one attached hydrogen (secondary N) is 1. The van der Waals surface area contributed by atoms with Crippen LogP contribution in [0.15, 0.2) is 22.7 Å². The normalized spacial score (nSPS) is 11.4. The number of primary sulfonamides is 1. The summed E-state index contributed by atoms with van der Waals surface area (Å²) in [6.45, 7) is 0.352. The maximum Gasteiger partial charge on any atom is 0.275 e. The first-order chi connectivity index (χ1) is 8.29. The zero-order valence-corrected chi connectivity index (χ0v) is 11.7. The van der Waals surface area contributed by atoms with Crippen molar-refractivity contribution in [1.29, 1.82) is 0 Å². The van der Waals surface area contributed by atoms with E-state index in [9.17, 15) is 18.5 Å². The average molecular weight is 338 g/mol. The molecule has 9 heteroatoms. The Hall–Kier alpha value is -1.03. The lowest BCUT2D eigenvalue weighted by Crippen LogP contribution is -2.27. The minimum Gasteiger partial charge on any atom is -0.311 e. The van der Waals surface area contributed by atoms with E-state index in [0.717, 1.165) is 0 Å². The standard InChI is InChI=1S/C9H12BrN3O4S/c10-8-2-1-7(9(5-8)13(14)15)6-12-3-4-18(11,16)17/h1-2,5,12H,3-4,6H2,(H2,11,16,17). The highest BCUT2D eigenvalue weighted by Crippen LogP contribution is 2.23. The summed E-state index contributed by atoms with van der Waals surface area (Å²) in [5, 5.41) is 18.4. The molecule has 0 unspecified atom stereocenters. The number of nitro benzene ring substituents is 1. The Morgan fingerprint density at radius 3 is 2.67 bits per heavy atom. The highest BCUT2D eigenvalue weighted by molar-refractivity contribution is 9.10. The number of hydrogen-bond acceptors (Lipinski definition) is 5. The molecule has 1 rings (SSSR count). The molecule has 0 atom stereocenters. The topological polar surface area (TPSA) is 115 Å². The van der Waals surface area contributed by atoms with Crippen LogP contribution in [0.2, 0.25) is 0 Å². The Bertz CT molecular complexity index is 547. The monoisotopic (exact) mass is 337 g/mol. The zero-order valence-electron chi connectivity index (χ0n) is 9.30. The van der Waals surface area contributed by atoms with Crippen molar-refractivity contribution in [2.45, 2.75) is 6.54 Å². The SMILES string of the molecule is NS(=O)(=O)CCNCc1ccc(Br)cc1[N+](=O)[O-]. The molecule has 0 aliphatic carbocycles. The first-order valence-corrected chi connectivity index (χ1v) is 7.44. The van der Waals surface area contributed by atoms with Gasteiger partial charge in [-0.1, -0.05) is 15.9 Å². The van der Waals surface area contributed by atoms with Gasteiger partial charge in [-0.2, -0.15) is 0 Å². The molecule has 0 amide bonds. The largest absolute Gasteiger partial charge is 0.311 e. The van der Waals surface area contributed by atoms with Gasteiger partial charge in [-0.25, -0.2) is 13.6 Å². The van der Waals surface area contributed by atoms with Crippen LogP contribution in [0, 0.1) is 10.1 Å². The van der Waals surface area contributed by atoms with Crippen LogP contribution < -0.4 is 10.5 Å². The molecule has 1 aromatic rings. The Labute approximate surface area is 113 Å². The fourth-order valence-corrected chi connectivity index (χ4v) is 2.07. The summed E-state index contributed by atoms with van der Waals surface area (Å²) in [7, 11) is -3.52. The van der Waals surface area contributed by atoms with E-state index in [1.165, 1.54) is 6.07 Å². The van der Waals surface area contributed by atoms with E-state index in [4.69, 9.17) is 5.14 Å². The second-order valence-electron chi connectivity index (χ2n) is 3.57. The molecule has 0 saturated carbocycles. The second kappa shape index (κ2) is 6.23. The third-order valence-corrected chi connectivity index (χ3v) is 3.39. The lowest BCUT2D eigenvalue weighted by Gasteiger charge is -2.05. The summed E-state index contributed by atoms with van der Waals surface area (Å²) < 4.78 is 22.0. The van der Waals surface area contributed by atoms with Crippen LogP contribution >= 0.6 is 15.9 Å². The van der Waals surface area contributed by atoms with E-state index >= 15 is 0 Å². The van der Waals surface area contributed by atoms with Crippen LogP contribution in [-0.4, -0.2) is 25.6 Å². The Morgan fingerprint density at radius 2 is 2.11 bits per heavy atom. The maximum absolute atomic E-state index is 10.8. The first-order valence-electron chi connectivity index (χ1n) is 4.93. The van der Waals surface area contributed by atoms with E-state index in [1.807, 2.05) is 0 Å². The summed E-state index contributed by atoms with van der Waals surface area (Å²) in [5.74, 6) is -0.211. The fourth-order valence-electron chi connectivity index (χ4n) is 1.29. The van der Waals surface area contributed by atoms with E-state index in [2.05, 4.69) is 21.2 Å². The molecule has 0 aromatic heterocycles. The van der Waals surface area contributed by atoms with Crippen molar-refractivity contribution < 1.29 is 13.3 Å². The zero-order chi connectivity index (χ0) is 13.8. The van der Waals surface area contributed by atoms with Crippen LogP contribution in [0.4, 0.5) is 5.69 Å². The number of halogens is 1. The molecule has 0 heterocycles. The Kier molecular flexibility index (Phi) is 5.20. The van der Waals surface area contributed by atoms with Crippen LogP contribution in [-0.2, 0) is 16.6 Å². The predicted molar refractivity (Wildman–Crippen MR) is 70.5 cm³/mol. The van der Waals surface area contributed by atoms with E-state index < -0.39 is 14.9 Å². The molecule has 18 heavy (non-hydrogen) atoms. The van der Waals surface area contributed by atoms with Crippen molar-refractivity contribution in [2.24, 2.45) is 5.14 Å². The fraction of sp³-hybridized carbons (Fsp3) is 0.333. The number of sulfonamides is 1. The number of benzene rings is 1. The highest BCUT2D eigenvalue weighted by Gasteiger charge is 2.13. The predicted octanol–water partition coefficient (Wildman–Crippen LogP) is 0.735. The van der Waals surface area contributed by atoms with Gasteiger partial charge in [0.25, 0.3) is 5.69 Å².